The molecule has 9 nitrogen and oxygen atoms in total. The zero-order valence-corrected chi connectivity index (χ0v) is 20.2. The van der Waals surface area contributed by atoms with Crippen molar-refractivity contribution in [3.05, 3.63) is 114 Å². The van der Waals surface area contributed by atoms with Crippen LogP contribution in [-0.4, -0.2) is 37.1 Å². The summed E-state index contributed by atoms with van der Waals surface area (Å²) in [6, 6.07) is 22.2. The van der Waals surface area contributed by atoms with Crippen LogP contribution in [0.15, 0.2) is 96.5 Å². The molecule has 5 rings (SSSR count). The van der Waals surface area contributed by atoms with Crippen molar-refractivity contribution in [2.75, 3.05) is 5.32 Å². The lowest BCUT2D eigenvalue weighted by Crippen LogP contribution is -2.19. The van der Waals surface area contributed by atoms with E-state index in [4.69, 9.17) is 0 Å². The highest BCUT2D eigenvalue weighted by molar-refractivity contribution is 6.05. The lowest BCUT2D eigenvalue weighted by atomic mass is 10.1. The first-order valence-corrected chi connectivity index (χ1v) is 11.6. The first-order chi connectivity index (χ1) is 18.0. The van der Waals surface area contributed by atoms with E-state index in [-0.39, 0.29) is 5.91 Å². The number of nitrogens with one attached hydrogen (secondary N) is 2. The van der Waals surface area contributed by atoms with Crippen molar-refractivity contribution in [2.45, 2.75) is 13.8 Å². The zero-order chi connectivity index (χ0) is 25.8. The Kier molecular flexibility index (Phi) is 6.50. The quantitative estimate of drug-likeness (QED) is 0.269. The Hall–Kier alpha value is -5.18. The second kappa shape index (κ2) is 10.2. The summed E-state index contributed by atoms with van der Waals surface area (Å²) in [5, 5.41) is 11.4. The molecule has 9 heteroatoms. The normalized spacial score (nSPS) is 11.4. The van der Waals surface area contributed by atoms with E-state index in [1.54, 1.807) is 48.1 Å². The Morgan fingerprint density at radius 3 is 2.35 bits per heavy atom. The Labute approximate surface area is 212 Å². The second-order valence-electron chi connectivity index (χ2n) is 8.35. The maximum Gasteiger partial charge on any atom is 0.276 e. The van der Waals surface area contributed by atoms with Crippen molar-refractivity contribution in [3.63, 3.8) is 0 Å². The molecule has 0 bridgehead atoms. The van der Waals surface area contributed by atoms with Gasteiger partial charge in [-0.05, 0) is 49.7 Å². The van der Waals surface area contributed by atoms with Gasteiger partial charge in [-0.15, -0.1) is 0 Å². The number of amides is 2. The molecular weight excluding hydrogens is 466 g/mol. The monoisotopic (exact) mass is 489 g/mol. The molecule has 0 spiro atoms. The van der Waals surface area contributed by atoms with Gasteiger partial charge < -0.3 is 5.32 Å². The molecule has 182 valence electrons. The van der Waals surface area contributed by atoms with Gasteiger partial charge in [0.1, 0.15) is 5.56 Å². The van der Waals surface area contributed by atoms with Crippen LogP contribution in [-0.2, 0) is 0 Å². The van der Waals surface area contributed by atoms with E-state index in [1.807, 2.05) is 55.5 Å². The Balaban J connectivity index is 1.30. The molecule has 0 radical (unpaired) electrons. The van der Waals surface area contributed by atoms with Gasteiger partial charge in [0.05, 0.1) is 17.6 Å². The maximum atomic E-state index is 13.0. The molecule has 5 aromatic rings. The Bertz CT molecular complexity index is 1610. The van der Waals surface area contributed by atoms with E-state index in [0.717, 1.165) is 22.5 Å². The van der Waals surface area contributed by atoms with E-state index >= 15 is 0 Å². The molecule has 2 N–H and O–H groups in total. The van der Waals surface area contributed by atoms with Gasteiger partial charge in [0.2, 0.25) is 0 Å². The first-order valence-electron chi connectivity index (χ1n) is 11.6. The third-order valence-electron chi connectivity index (χ3n) is 5.79. The van der Waals surface area contributed by atoms with Gasteiger partial charge in [-0.2, -0.15) is 10.2 Å². The molecule has 2 amide bonds. The highest BCUT2D eigenvalue weighted by atomic mass is 16.2. The van der Waals surface area contributed by atoms with Crippen molar-refractivity contribution in [1.29, 1.82) is 0 Å². The number of hydrazone groups is 1. The van der Waals surface area contributed by atoms with Gasteiger partial charge in [-0.1, -0.05) is 42.5 Å². The minimum atomic E-state index is -0.410. The number of pyridine rings is 1. The van der Waals surface area contributed by atoms with Crippen molar-refractivity contribution >= 4 is 28.9 Å². The number of aryl methyl sites for hydroxylation is 1. The molecule has 3 heterocycles. The van der Waals surface area contributed by atoms with Crippen LogP contribution in [0.4, 0.5) is 5.69 Å². The molecule has 0 unspecified atom stereocenters. The Morgan fingerprint density at radius 1 is 0.892 bits per heavy atom. The fraction of sp³-hybridized carbons (Fsp3) is 0.0714. The molecule has 3 aromatic heterocycles. The highest BCUT2D eigenvalue weighted by Gasteiger charge is 2.16. The van der Waals surface area contributed by atoms with E-state index in [2.05, 4.69) is 30.9 Å². The average molecular weight is 490 g/mol. The fourth-order valence-corrected chi connectivity index (χ4v) is 3.79. The van der Waals surface area contributed by atoms with Crippen LogP contribution in [0.3, 0.4) is 0 Å². The smallest absolute Gasteiger partial charge is 0.276 e. The lowest BCUT2D eigenvalue weighted by molar-refractivity contribution is 0.0955. The zero-order valence-electron chi connectivity index (χ0n) is 20.2. The molecule has 0 fully saturated rings. The minimum absolute atomic E-state index is 0.222. The van der Waals surface area contributed by atoms with E-state index in [0.29, 0.717) is 28.2 Å². The third-order valence-corrected chi connectivity index (χ3v) is 5.79. The molecule has 0 saturated carbocycles. The fourth-order valence-electron chi connectivity index (χ4n) is 3.79. The molecule has 0 aliphatic carbocycles. The summed E-state index contributed by atoms with van der Waals surface area (Å²) in [5.74, 6) is -0.631. The van der Waals surface area contributed by atoms with Crippen molar-refractivity contribution in [2.24, 2.45) is 5.10 Å². The van der Waals surface area contributed by atoms with Crippen LogP contribution >= 0.6 is 0 Å². The number of hydrogen-bond donors (Lipinski definition) is 2. The van der Waals surface area contributed by atoms with Crippen molar-refractivity contribution in [3.8, 4) is 11.3 Å². The molecule has 0 saturated heterocycles. The summed E-state index contributed by atoms with van der Waals surface area (Å²) in [6.45, 7) is 3.71. The van der Waals surface area contributed by atoms with Gasteiger partial charge in [0.25, 0.3) is 11.8 Å². The molecular formula is C28H23N7O2. The largest absolute Gasteiger partial charge is 0.322 e. The molecule has 0 atom stereocenters. The highest BCUT2D eigenvalue weighted by Crippen LogP contribution is 2.21. The van der Waals surface area contributed by atoms with Crippen molar-refractivity contribution in [1.82, 2.24) is 25.0 Å². The molecule has 0 aliphatic rings. The summed E-state index contributed by atoms with van der Waals surface area (Å²) in [4.78, 5) is 33.9. The maximum absolute atomic E-state index is 13.0. The SMILES string of the molecule is CC(=NNC(=O)c1cnn2c(C)cc(-c3ccccc3)nc12)c1ccc(NC(=O)c2ccncc2)cc1. The first kappa shape index (κ1) is 23.6. The number of benzene rings is 2. The van der Waals surface area contributed by atoms with Crippen LogP contribution in [0.2, 0.25) is 0 Å². The Morgan fingerprint density at radius 2 is 1.62 bits per heavy atom. The number of nitrogens with zero attached hydrogens (tertiary/aromatic N) is 5. The number of carbonyl (C=O) groups is 2. The number of carbonyl (C=O) groups excluding carboxylic acids is 2. The van der Waals surface area contributed by atoms with E-state index < -0.39 is 5.91 Å². The standard InChI is InChI=1S/C28H23N7O2/c1-18-16-25(21-6-4-3-5-7-21)32-26-24(17-30-35(18)26)28(37)34-33-19(2)20-8-10-23(11-9-20)31-27(36)22-12-14-29-15-13-22/h3-17H,1-2H3,(H,31,36)(H,34,37). The topological polar surface area (TPSA) is 114 Å². The van der Waals surface area contributed by atoms with Crippen molar-refractivity contribution < 1.29 is 9.59 Å². The van der Waals surface area contributed by atoms with Gasteiger partial charge in [0.15, 0.2) is 5.65 Å². The summed E-state index contributed by atoms with van der Waals surface area (Å²) >= 11 is 0. The van der Waals surface area contributed by atoms with Gasteiger partial charge in [0, 0.05) is 34.9 Å². The van der Waals surface area contributed by atoms with Crippen LogP contribution in [0.1, 0.15) is 38.9 Å². The van der Waals surface area contributed by atoms with Crippen LogP contribution < -0.4 is 10.7 Å². The molecule has 37 heavy (non-hydrogen) atoms. The molecule has 0 aliphatic heterocycles. The summed E-state index contributed by atoms with van der Waals surface area (Å²) < 4.78 is 1.64. The summed E-state index contributed by atoms with van der Waals surface area (Å²) in [6.07, 6.45) is 4.63. The second-order valence-corrected chi connectivity index (χ2v) is 8.35. The number of fused-ring (bicyclic) bond motifs is 1. The van der Waals surface area contributed by atoms with Crippen LogP contribution in [0.25, 0.3) is 16.9 Å². The number of rotatable bonds is 6. The summed E-state index contributed by atoms with van der Waals surface area (Å²) in [7, 11) is 0. The lowest BCUT2D eigenvalue weighted by Gasteiger charge is -2.07. The van der Waals surface area contributed by atoms with Gasteiger partial charge in [-0.25, -0.2) is 14.9 Å². The third kappa shape index (κ3) is 5.10. The van der Waals surface area contributed by atoms with Gasteiger partial charge in [-0.3, -0.25) is 14.6 Å². The number of aromatic nitrogens is 4. The number of anilines is 1. The van der Waals surface area contributed by atoms with E-state index in [1.165, 1.54) is 6.20 Å². The van der Waals surface area contributed by atoms with Crippen LogP contribution in [0, 0.1) is 6.92 Å². The van der Waals surface area contributed by atoms with Gasteiger partial charge >= 0.3 is 0 Å². The average Bonchev–Trinajstić information content (AvgIpc) is 3.38. The van der Waals surface area contributed by atoms with E-state index in [9.17, 15) is 9.59 Å². The van der Waals surface area contributed by atoms with Crippen LogP contribution in [0.5, 0.6) is 0 Å². The molecule has 2 aromatic carbocycles. The minimum Gasteiger partial charge on any atom is -0.322 e. The predicted molar refractivity (Wildman–Crippen MR) is 141 cm³/mol. The summed E-state index contributed by atoms with van der Waals surface area (Å²) in [5.41, 5.74) is 8.52. The predicted octanol–water partition coefficient (Wildman–Crippen LogP) is 4.51. The number of hydrogen-bond acceptors (Lipinski definition) is 6.